The molecular weight excluding hydrogens is 366 g/mol. The van der Waals surface area contributed by atoms with E-state index in [0.717, 1.165) is 41.0 Å². The highest BCUT2D eigenvalue weighted by atomic mass is 16.3. The normalized spacial score (nSPS) is 11.6. The van der Waals surface area contributed by atoms with Crippen molar-refractivity contribution < 1.29 is 5.11 Å². The third-order valence-corrected chi connectivity index (χ3v) is 5.63. The Balaban J connectivity index is 2.33. The van der Waals surface area contributed by atoms with Crippen LogP contribution in [0.3, 0.4) is 0 Å². The second kappa shape index (κ2) is 8.37. The molecule has 0 radical (unpaired) electrons. The van der Waals surface area contributed by atoms with Gasteiger partial charge in [0.2, 0.25) is 0 Å². The van der Waals surface area contributed by atoms with Crippen LogP contribution in [0, 0.1) is 13.8 Å². The number of rotatable bonds is 7. The van der Waals surface area contributed by atoms with E-state index in [0.29, 0.717) is 17.3 Å². The van der Waals surface area contributed by atoms with Gasteiger partial charge in [0.1, 0.15) is 11.3 Å². The van der Waals surface area contributed by atoms with Gasteiger partial charge in [0.15, 0.2) is 5.82 Å². The number of aryl methyl sites for hydroxylation is 2. The van der Waals surface area contributed by atoms with Crippen LogP contribution in [0.15, 0.2) is 23.1 Å². The van der Waals surface area contributed by atoms with Crippen LogP contribution < -0.4 is 10.5 Å². The number of anilines is 1. The van der Waals surface area contributed by atoms with E-state index in [2.05, 4.69) is 24.9 Å². The molecule has 0 bridgehead atoms. The quantitative estimate of drug-likeness (QED) is 0.663. The number of hydrogen-bond acceptors (Lipinski definition) is 5. The highest BCUT2D eigenvalue weighted by Gasteiger charge is 2.22. The van der Waals surface area contributed by atoms with Crippen molar-refractivity contribution in [1.29, 1.82) is 0 Å². The molecule has 0 saturated carbocycles. The molecular formula is C22H31N5O2. The van der Waals surface area contributed by atoms with E-state index >= 15 is 0 Å². The Bertz CT molecular complexity index is 1080. The van der Waals surface area contributed by atoms with Crippen LogP contribution in [0.5, 0.6) is 0 Å². The summed E-state index contributed by atoms with van der Waals surface area (Å²) in [6.45, 7) is 8.31. The highest BCUT2D eigenvalue weighted by molar-refractivity contribution is 5.65. The standard InChI is InChI=1S/C22H31N5O2/c1-7-16(8-2)17-12-15(4)27-20(17)22(29)26(9-10-28)21(24-27)18-13-23-19(25(5)6)11-14(18)3/h11-13,16,28H,7-10H2,1-6H3. The first-order valence-electron chi connectivity index (χ1n) is 10.2. The van der Waals surface area contributed by atoms with Crippen LogP contribution in [0.2, 0.25) is 0 Å². The van der Waals surface area contributed by atoms with Crippen LogP contribution in [0.1, 0.15) is 49.4 Å². The van der Waals surface area contributed by atoms with Gasteiger partial charge in [-0.05, 0) is 55.9 Å². The van der Waals surface area contributed by atoms with Crippen molar-refractivity contribution in [2.75, 3.05) is 25.6 Å². The van der Waals surface area contributed by atoms with Gasteiger partial charge < -0.3 is 10.0 Å². The van der Waals surface area contributed by atoms with E-state index < -0.39 is 0 Å². The number of aromatic nitrogens is 4. The van der Waals surface area contributed by atoms with E-state index in [9.17, 15) is 9.90 Å². The molecule has 0 amide bonds. The lowest BCUT2D eigenvalue weighted by atomic mass is 9.95. The van der Waals surface area contributed by atoms with Crippen molar-refractivity contribution in [1.82, 2.24) is 19.2 Å². The maximum absolute atomic E-state index is 13.5. The van der Waals surface area contributed by atoms with Gasteiger partial charge in [-0.25, -0.2) is 9.50 Å². The van der Waals surface area contributed by atoms with Gasteiger partial charge in [0.05, 0.1) is 13.2 Å². The van der Waals surface area contributed by atoms with Gasteiger partial charge in [-0.2, -0.15) is 0 Å². The minimum atomic E-state index is -0.132. The molecule has 0 aliphatic rings. The van der Waals surface area contributed by atoms with E-state index in [1.807, 2.05) is 38.9 Å². The van der Waals surface area contributed by atoms with Crippen LogP contribution in [-0.2, 0) is 6.54 Å². The lowest BCUT2D eigenvalue weighted by Crippen LogP contribution is -2.28. The zero-order valence-corrected chi connectivity index (χ0v) is 18.2. The van der Waals surface area contributed by atoms with Gasteiger partial charge in [-0.15, -0.1) is 5.10 Å². The van der Waals surface area contributed by atoms with Gasteiger partial charge >= 0.3 is 0 Å². The molecule has 156 valence electrons. The monoisotopic (exact) mass is 397 g/mol. The second-order valence-electron chi connectivity index (χ2n) is 7.77. The minimum Gasteiger partial charge on any atom is -0.395 e. The predicted octanol–water partition coefficient (Wildman–Crippen LogP) is 3.14. The van der Waals surface area contributed by atoms with Crippen LogP contribution >= 0.6 is 0 Å². The number of fused-ring (bicyclic) bond motifs is 1. The Hall–Kier alpha value is -2.67. The predicted molar refractivity (Wildman–Crippen MR) is 117 cm³/mol. The zero-order chi connectivity index (χ0) is 21.3. The molecule has 3 aromatic rings. The maximum Gasteiger partial charge on any atom is 0.278 e. The third-order valence-electron chi connectivity index (χ3n) is 5.63. The number of aliphatic hydroxyl groups is 1. The molecule has 3 heterocycles. The SMILES string of the molecule is CCC(CC)c1cc(C)n2nc(-c3cnc(N(C)C)cc3C)n(CCO)c(=O)c12. The smallest absolute Gasteiger partial charge is 0.278 e. The minimum absolute atomic E-state index is 0.116. The average Bonchev–Trinajstić information content (AvgIpc) is 3.01. The summed E-state index contributed by atoms with van der Waals surface area (Å²) in [6, 6.07) is 4.06. The molecule has 7 nitrogen and oxygen atoms in total. The largest absolute Gasteiger partial charge is 0.395 e. The van der Waals surface area contributed by atoms with Gasteiger partial charge in [0, 0.05) is 31.5 Å². The first kappa shape index (κ1) is 21.0. The number of pyridine rings is 1. The Morgan fingerprint density at radius 1 is 1.17 bits per heavy atom. The molecule has 3 aromatic heterocycles. The summed E-state index contributed by atoms with van der Waals surface area (Å²) >= 11 is 0. The molecule has 0 atom stereocenters. The summed E-state index contributed by atoms with van der Waals surface area (Å²) < 4.78 is 3.35. The summed E-state index contributed by atoms with van der Waals surface area (Å²) in [5.74, 6) is 1.68. The maximum atomic E-state index is 13.5. The van der Waals surface area contributed by atoms with Crippen molar-refractivity contribution >= 4 is 11.3 Å². The molecule has 0 fully saturated rings. The summed E-state index contributed by atoms with van der Waals surface area (Å²) in [4.78, 5) is 20.0. The molecule has 3 rings (SSSR count). The Labute approximate surface area is 171 Å². The Kier molecular flexibility index (Phi) is 6.07. The molecule has 1 N–H and O–H groups in total. The first-order chi connectivity index (χ1) is 13.8. The molecule has 0 aromatic carbocycles. The molecule has 0 spiro atoms. The summed E-state index contributed by atoms with van der Waals surface area (Å²) in [5, 5.41) is 14.5. The summed E-state index contributed by atoms with van der Waals surface area (Å²) in [7, 11) is 3.88. The lowest BCUT2D eigenvalue weighted by molar-refractivity contribution is 0.274. The molecule has 0 unspecified atom stereocenters. The van der Waals surface area contributed by atoms with Crippen LogP contribution in [-0.4, -0.2) is 45.0 Å². The number of hydrogen-bond donors (Lipinski definition) is 1. The van der Waals surface area contributed by atoms with Crippen LogP contribution in [0.25, 0.3) is 16.9 Å². The fourth-order valence-electron chi connectivity index (χ4n) is 3.94. The van der Waals surface area contributed by atoms with Crippen molar-refractivity contribution in [2.45, 2.75) is 53.0 Å². The Morgan fingerprint density at radius 3 is 2.41 bits per heavy atom. The number of nitrogens with zero attached hydrogens (tertiary/aromatic N) is 5. The van der Waals surface area contributed by atoms with E-state index in [4.69, 9.17) is 5.10 Å². The van der Waals surface area contributed by atoms with Crippen LogP contribution in [0.4, 0.5) is 5.82 Å². The van der Waals surface area contributed by atoms with Crippen molar-refractivity contribution in [3.63, 3.8) is 0 Å². The van der Waals surface area contributed by atoms with E-state index in [1.54, 1.807) is 15.3 Å². The molecule has 0 saturated heterocycles. The van der Waals surface area contributed by atoms with Crippen molar-refractivity contribution in [3.05, 3.63) is 45.5 Å². The lowest BCUT2D eigenvalue weighted by Gasteiger charge is -2.17. The summed E-state index contributed by atoms with van der Waals surface area (Å²) in [5.41, 5.74) is 4.25. The van der Waals surface area contributed by atoms with Gasteiger partial charge in [-0.3, -0.25) is 9.36 Å². The molecule has 0 aliphatic heterocycles. The topological polar surface area (TPSA) is 75.7 Å². The van der Waals surface area contributed by atoms with E-state index in [-0.39, 0.29) is 18.7 Å². The van der Waals surface area contributed by atoms with Gasteiger partial charge in [-0.1, -0.05) is 13.8 Å². The molecule has 7 heteroatoms. The third kappa shape index (κ3) is 3.67. The van der Waals surface area contributed by atoms with Crippen molar-refractivity contribution in [3.8, 4) is 11.4 Å². The fraction of sp³-hybridized carbons (Fsp3) is 0.500. The Morgan fingerprint density at radius 2 is 1.86 bits per heavy atom. The van der Waals surface area contributed by atoms with E-state index in [1.165, 1.54) is 0 Å². The fourth-order valence-corrected chi connectivity index (χ4v) is 3.94. The van der Waals surface area contributed by atoms with Crippen molar-refractivity contribution in [2.24, 2.45) is 0 Å². The first-order valence-corrected chi connectivity index (χ1v) is 10.2. The summed E-state index contributed by atoms with van der Waals surface area (Å²) in [6.07, 6.45) is 3.68. The van der Waals surface area contributed by atoms with Gasteiger partial charge in [0.25, 0.3) is 5.56 Å². The second-order valence-corrected chi connectivity index (χ2v) is 7.77. The zero-order valence-electron chi connectivity index (χ0n) is 18.2. The average molecular weight is 398 g/mol. The molecule has 0 aliphatic carbocycles. The number of aliphatic hydroxyl groups excluding tert-OH is 1. The highest BCUT2D eigenvalue weighted by Crippen LogP contribution is 2.29. The molecule has 29 heavy (non-hydrogen) atoms.